The molecule has 0 saturated carbocycles. The maximum atomic E-state index is 13.7. The number of quaternary nitrogens is 2. The van der Waals surface area contributed by atoms with Crippen molar-refractivity contribution in [2.24, 2.45) is 17.8 Å². The number of Topliss-reactive ketones (excluding diaryl/α,β-unsaturated/α-hetero) is 2. The van der Waals surface area contributed by atoms with Crippen molar-refractivity contribution in [2.45, 2.75) is 64.4 Å². The number of allylic oxidation sites excluding steroid dienone is 6. The van der Waals surface area contributed by atoms with Crippen molar-refractivity contribution in [1.82, 2.24) is 21.3 Å². The number of aromatic hydroxyl groups is 3. The van der Waals surface area contributed by atoms with Gasteiger partial charge in [0.1, 0.15) is 70.2 Å². The number of fused-ring (bicyclic) bond motifs is 8. The minimum Gasteiger partial charge on any atom is -1.00 e. The van der Waals surface area contributed by atoms with Crippen molar-refractivity contribution in [1.29, 1.82) is 0 Å². The van der Waals surface area contributed by atoms with E-state index >= 15 is 0 Å². The number of carbonyl (C=O) groups is 12. The molecular formula is C95H74Br10N8O20. The molecule has 38 heteroatoms. The average Bonchev–Trinajstić information content (AvgIpc) is 0.754. The lowest BCUT2D eigenvalue weighted by Crippen LogP contribution is -3.00. The molecule has 0 aromatic heterocycles. The Bertz CT molecular complexity index is 6740. The maximum Gasteiger partial charge on any atom is 0.409 e. The fraction of sp³-hybridized carbons (Fsp3) is 0.158. The number of aliphatic hydroxyl groups excluding tert-OH is 1. The summed E-state index contributed by atoms with van der Waals surface area (Å²) < 4.78 is 26.8. The minimum absolute atomic E-state index is 0. The van der Waals surface area contributed by atoms with Crippen LogP contribution in [-0.2, 0) is 18.9 Å². The van der Waals surface area contributed by atoms with E-state index in [0.717, 1.165) is 0 Å². The van der Waals surface area contributed by atoms with Gasteiger partial charge in [-0.1, -0.05) is 168 Å². The van der Waals surface area contributed by atoms with Crippen LogP contribution in [0.25, 0.3) is 0 Å². The number of phenolic OH excluding ortho intramolecular Hbond substituents is 3. The summed E-state index contributed by atoms with van der Waals surface area (Å²) in [6, 6.07) is 44.9. The van der Waals surface area contributed by atoms with Gasteiger partial charge >= 0.3 is 24.4 Å². The number of hydrogen-bond acceptors (Lipinski definition) is 22. The Hall–Kier alpha value is -10.9. The van der Waals surface area contributed by atoms with E-state index in [1.165, 1.54) is 30.3 Å². The fourth-order valence-corrected chi connectivity index (χ4v) is 22.0. The number of halogens is 10. The molecule has 10 aromatic rings. The fourth-order valence-electron chi connectivity index (χ4n) is 16.0. The van der Waals surface area contributed by atoms with E-state index in [1.54, 1.807) is 190 Å². The zero-order chi connectivity index (χ0) is 92.9. The third kappa shape index (κ3) is 20.6. The van der Waals surface area contributed by atoms with Crippen LogP contribution in [0, 0.1) is 17.8 Å². The number of nitrogens with one attached hydrogen (secondary N) is 6. The number of alkyl carbamates (subject to hydrolysis) is 4. The molecule has 0 bridgehead atoms. The standard InChI is InChI=1S/2C47H34Br4N4O10.CH4.2BrH/c2*1-20(26-15-34(30(50)17-28(26)48)54-32-11-13-36(56)40-38(32)42(58)22-7-3-5-9-24(22)44(40)60)64-46(62)52-19-53-47(63)65-21(2)27-16-35(31(51)18-29(27)49)55-33-12-14-37(57)41-39(33)43(59)23-8-4-6-10-25(23)45(41)61;;;/h3-18,20-21,38,40,54-57H,19H2,1-2H3,(H,52,62)(H,53,63);3-18,20-21,26,28,54-57H,19H2,1-2H3,(H,52,62)(H,53,63);1H4;2*1H. The molecular weight excluding hydrogens is 2370 g/mol. The quantitative estimate of drug-likeness (QED) is 0.0111. The summed E-state index contributed by atoms with van der Waals surface area (Å²) in [6.07, 6.45) is 0.141. The van der Waals surface area contributed by atoms with E-state index in [-0.39, 0.29) is 183 Å². The van der Waals surface area contributed by atoms with Gasteiger partial charge in [-0.05, 0) is 170 Å². The Morgan fingerprint density at radius 3 is 1.17 bits per heavy atom. The molecule has 684 valence electrons. The summed E-state index contributed by atoms with van der Waals surface area (Å²) in [5, 5.41) is 62.4. The number of amides is 4. The average molecular weight is 2450 g/mol. The second-order valence-electron chi connectivity index (χ2n) is 30.4. The van der Waals surface area contributed by atoms with Gasteiger partial charge in [0, 0.05) is 118 Å². The molecule has 6 aliphatic rings. The number of rotatable bonds is 20. The molecule has 6 aliphatic carbocycles. The molecule has 0 fully saturated rings. The Morgan fingerprint density at radius 2 is 0.729 bits per heavy atom. The summed E-state index contributed by atoms with van der Waals surface area (Å²) in [7, 11) is 0. The molecule has 14 N–H and O–H groups in total. The van der Waals surface area contributed by atoms with Gasteiger partial charge in [-0.2, -0.15) is 0 Å². The molecule has 16 rings (SSSR count). The Morgan fingerprint density at radius 1 is 0.376 bits per heavy atom. The predicted molar refractivity (Wildman–Crippen MR) is 511 cm³/mol. The lowest BCUT2D eigenvalue weighted by Gasteiger charge is -2.34. The number of alkyl halides is 1. The van der Waals surface area contributed by atoms with E-state index in [4.69, 9.17) is 18.9 Å². The van der Waals surface area contributed by atoms with Crippen LogP contribution in [0.1, 0.15) is 186 Å². The number of phenols is 3. The van der Waals surface area contributed by atoms with Crippen LogP contribution in [0.5, 0.6) is 17.2 Å². The highest BCUT2D eigenvalue weighted by molar-refractivity contribution is 9.12. The third-order valence-electron chi connectivity index (χ3n) is 22.4. The van der Waals surface area contributed by atoms with Gasteiger partial charge in [-0.25, -0.2) is 19.2 Å². The first-order chi connectivity index (χ1) is 62.1. The lowest BCUT2D eigenvalue weighted by molar-refractivity contribution is -0.513. The van der Waals surface area contributed by atoms with E-state index in [2.05, 4.69) is 159 Å². The van der Waals surface area contributed by atoms with E-state index in [9.17, 15) is 78.0 Å². The first-order valence-corrected chi connectivity index (χ1v) is 46.2. The number of ketones is 8. The van der Waals surface area contributed by atoms with E-state index in [1.807, 2.05) is 12.2 Å². The maximum absolute atomic E-state index is 13.7. The van der Waals surface area contributed by atoms with E-state index in [0.29, 0.717) is 87.8 Å². The summed E-state index contributed by atoms with van der Waals surface area (Å²) in [4.78, 5) is 160. The Kier molecular flexibility index (Phi) is 32.2. The normalized spacial score (nSPS) is 16.6. The zero-order valence-electron chi connectivity index (χ0n) is 68.8. The zero-order valence-corrected chi connectivity index (χ0v) is 84.6. The van der Waals surface area contributed by atoms with Crippen LogP contribution in [0.3, 0.4) is 0 Å². The Balaban J connectivity index is 0.000000235. The van der Waals surface area contributed by atoms with Crippen molar-refractivity contribution in [3.8, 4) is 17.2 Å². The van der Waals surface area contributed by atoms with Gasteiger partial charge in [0.25, 0.3) is 0 Å². The van der Waals surface area contributed by atoms with Gasteiger partial charge in [0.15, 0.2) is 34.7 Å². The van der Waals surface area contributed by atoms with Crippen molar-refractivity contribution in [3.05, 3.63) is 337 Å². The summed E-state index contributed by atoms with van der Waals surface area (Å²) in [5.41, 5.74) is 7.20. The first-order valence-electron chi connectivity index (χ1n) is 39.7. The lowest BCUT2D eigenvalue weighted by atomic mass is 9.70. The van der Waals surface area contributed by atoms with E-state index < -0.39 is 95.5 Å². The van der Waals surface area contributed by atoms with Gasteiger partial charge in [0.05, 0.1) is 84.6 Å². The number of anilines is 3. The topological polar surface area (TPSA) is 428 Å². The number of carbonyl (C=O) groups excluding carboxylic acids is 12. The molecule has 0 radical (unpaired) electrons. The monoisotopic (exact) mass is 2440 g/mol. The smallest absolute Gasteiger partial charge is 0.409 e. The van der Waals surface area contributed by atoms with Gasteiger partial charge < -0.3 is 105 Å². The van der Waals surface area contributed by atoms with Crippen LogP contribution < -0.4 is 76.5 Å². The van der Waals surface area contributed by atoms with Crippen molar-refractivity contribution in [2.75, 3.05) is 24.0 Å². The van der Waals surface area contributed by atoms with Gasteiger partial charge in [-0.3, -0.25) is 49.0 Å². The highest BCUT2D eigenvalue weighted by Crippen LogP contribution is 2.47. The predicted octanol–water partition coefficient (Wildman–Crippen LogP) is 13.9. The number of benzene rings is 10. The van der Waals surface area contributed by atoms with Gasteiger partial charge in [-0.15, -0.1) is 0 Å². The highest BCUT2D eigenvalue weighted by atomic mass is 79.9. The van der Waals surface area contributed by atoms with Crippen LogP contribution in [0.4, 0.5) is 53.3 Å². The highest BCUT2D eigenvalue weighted by Gasteiger charge is 2.48. The third-order valence-corrected chi connectivity index (χ3v) is 28.0. The van der Waals surface area contributed by atoms with Gasteiger partial charge in [0.2, 0.25) is 11.6 Å². The van der Waals surface area contributed by atoms with Crippen molar-refractivity contribution >= 4 is 232 Å². The molecule has 0 saturated heterocycles. The molecule has 133 heavy (non-hydrogen) atoms. The molecule has 8 unspecified atom stereocenters. The second kappa shape index (κ2) is 42.4. The number of nitrogens with two attached hydrogens (primary N) is 2. The first kappa shape index (κ1) is 101. The number of ether oxygens (including phenoxy) is 4. The van der Waals surface area contributed by atoms with Crippen molar-refractivity contribution in [3.63, 3.8) is 0 Å². The number of hydrogen-bond donors (Lipinski definition) is 12. The van der Waals surface area contributed by atoms with Crippen LogP contribution in [-0.4, -0.2) is 115 Å². The Labute approximate surface area is 847 Å². The molecule has 0 heterocycles. The molecule has 0 spiro atoms. The number of aliphatic hydroxyl groups is 1. The largest absolute Gasteiger partial charge is 1.00 e. The summed E-state index contributed by atoms with van der Waals surface area (Å²) in [5.74, 6) is -6.82. The molecule has 10 aromatic carbocycles. The molecule has 8 atom stereocenters. The summed E-state index contributed by atoms with van der Waals surface area (Å²) in [6.45, 7) is 5.96. The molecule has 28 nitrogen and oxygen atoms in total. The SMILES string of the molecule is C.CC(OC(=O)NCNC(=O)OC(C)C1C=C([NH2+]c2ccc(O)c3c2C(=O)c2ccccc2C3=O)C(Br)=CC1Br)c1cc([NH2+]c2ccc(O)c3c2C(=O)c2ccccc2C3=O)c(Br)cc1Br.CC(OC(=O)NCNC(=O)OC(C)c1cc(Nc2ccc(O)c3c2C(=O)c2ccccc2C3=O)c(Br)cc1Br)c1cc(NC2=CC=C(O)C3C(=O)c4ccccc4C(=O)C23)c(Br)cc1Br.[Br-].[Br-]. The second-order valence-corrected chi connectivity index (χ2v) is 37.4. The van der Waals surface area contributed by atoms with Crippen molar-refractivity contribution < 1.29 is 142 Å². The minimum atomic E-state index is -1.08. The molecule has 4 amide bonds. The van der Waals surface area contributed by atoms with Crippen LogP contribution in [0.15, 0.2) is 243 Å². The van der Waals surface area contributed by atoms with Crippen LogP contribution in [0.2, 0.25) is 0 Å². The summed E-state index contributed by atoms with van der Waals surface area (Å²) >= 11 is 28.4. The van der Waals surface area contributed by atoms with Crippen LogP contribution >= 0.6 is 127 Å². The molecule has 0 aliphatic heterocycles.